The van der Waals surface area contributed by atoms with Gasteiger partial charge in [0.1, 0.15) is 6.04 Å². The van der Waals surface area contributed by atoms with Gasteiger partial charge in [-0.2, -0.15) is 5.10 Å². The summed E-state index contributed by atoms with van der Waals surface area (Å²) in [7, 11) is 1.89. The summed E-state index contributed by atoms with van der Waals surface area (Å²) in [5.41, 5.74) is 8.77. The van der Waals surface area contributed by atoms with E-state index in [9.17, 15) is 4.79 Å². The van der Waals surface area contributed by atoms with Crippen LogP contribution in [0, 0.1) is 0 Å². The van der Waals surface area contributed by atoms with Crippen LogP contribution in [0.5, 0.6) is 0 Å². The van der Waals surface area contributed by atoms with Gasteiger partial charge < -0.3 is 9.47 Å². The predicted molar refractivity (Wildman–Crippen MR) is 105 cm³/mol. The van der Waals surface area contributed by atoms with E-state index in [2.05, 4.69) is 57.0 Å². The highest BCUT2D eigenvalue weighted by atomic mass is 16.2. The second-order valence-corrected chi connectivity index (χ2v) is 7.18. The van der Waals surface area contributed by atoms with Gasteiger partial charge in [-0.05, 0) is 30.9 Å². The average molecular weight is 366 g/mol. The number of aromatic nitrogens is 3. The maximum Gasteiger partial charge on any atom is 0.241 e. The van der Waals surface area contributed by atoms with Gasteiger partial charge in [-0.3, -0.25) is 14.9 Å². The number of rotatable bonds is 6. The van der Waals surface area contributed by atoms with Crippen molar-refractivity contribution in [3.8, 4) is 0 Å². The lowest BCUT2D eigenvalue weighted by molar-refractivity contribution is -0.133. The summed E-state index contributed by atoms with van der Waals surface area (Å²) in [4.78, 5) is 14.8. The Hall–Kier alpha value is -2.64. The fourth-order valence-corrected chi connectivity index (χ4v) is 3.78. The number of likely N-dealkylation sites (N-methyl/N-ethyl adjacent to an activating group) is 1. The zero-order chi connectivity index (χ0) is 18.8. The highest BCUT2D eigenvalue weighted by Crippen LogP contribution is 2.18. The topological polar surface area (TPSA) is 67.1 Å². The lowest BCUT2D eigenvalue weighted by Crippen LogP contribution is -2.45. The van der Waals surface area contributed by atoms with Gasteiger partial charge in [0, 0.05) is 56.2 Å². The van der Waals surface area contributed by atoms with Gasteiger partial charge in [0.05, 0.1) is 6.20 Å². The second kappa shape index (κ2) is 7.54. The van der Waals surface area contributed by atoms with Crippen molar-refractivity contribution < 1.29 is 4.79 Å². The van der Waals surface area contributed by atoms with Crippen LogP contribution < -0.4 is 10.9 Å². The molecule has 1 aliphatic rings. The van der Waals surface area contributed by atoms with E-state index in [1.165, 1.54) is 10.9 Å². The fraction of sp³-hybridized carbons (Fsp3) is 0.400. The molecule has 3 aromatic rings. The Morgan fingerprint density at radius 1 is 1.30 bits per heavy atom. The Kier molecular flexibility index (Phi) is 4.96. The molecule has 2 N–H and O–H groups in total. The van der Waals surface area contributed by atoms with Crippen LogP contribution in [0.15, 0.2) is 48.9 Å². The van der Waals surface area contributed by atoms with Crippen molar-refractivity contribution in [1.29, 1.82) is 0 Å². The molecule has 0 bridgehead atoms. The van der Waals surface area contributed by atoms with E-state index >= 15 is 0 Å². The van der Waals surface area contributed by atoms with E-state index in [1.807, 2.05) is 31.3 Å². The molecule has 2 unspecified atom stereocenters. The van der Waals surface area contributed by atoms with Crippen LogP contribution in [0.4, 0.5) is 0 Å². The second-order valence-electron chi connectivity index (χ2n) is 7.18. The lowest BCUT2D eigenvalue weighted by atomic mass is 10.1. The molecule has 2 aromatic heterocycles. The lowest BCUT2D eigenvalue weighted by Gasteiger charge is -2.23. The molecule has 0 saturated carbocycles. The minimum Gasteiger partial charge on any atom is -0.346 e. The van der Waals surface area contributed by atoms with E-state index in [-0.39, 0.29) is 18.0 Å². The Bertz CT molecular complexity index is 929. The zero-order valence-corrected chi connectivity index (χ0v) is 15.8. The number of para-hydroxylation sites is 1. The molecular weight excluding hydrogens is 340 g/mol. The zero-order valence-electron chi connectivity index (χ0n) is 15.8. The molecule has 1 saturated heterocycles. The van der Waals surface area contributed by atoms with Gasteiger partial charge in [-0.1, -0.05) is 18.2 Å². The van der Waals surface area contributed by atoms with Gasteiger partial charge in [0.2, 0.25) is 5.91 Å². The molecule has 0 spiro atoms. The number of amides is 1. The minimum absolute atomic E-state index is 0.133. The third-order valence-corrected chi connectivity index (χ3v) is 5.20. The Balaban J connectivity index is 1.38. The molecule has 7 nitrogen and oxygen atoms in total. The number of nitrogens with one attached hydrogen (secondary N) is 2. The summed E-state index contributed by atoms with van der Waals surface area (Å²) >= 11 is 0. The third kappa shape index (κ3) is 3.74. The third-order valence-electron chi connectivity index (χ3n) is 5.20. The maximum atomic E-state index is 12.9. The molecule has 2 atom stereocenters. The molecule has 4 rings (SSSR count). The van der Waals surface area contributed by atoms with Crippen molar-refractivity contribution in [2.75, 3.05) is 6.54 Å². The van der Waals surface area contributed by atoms with E-state index in [0.29, 0.717) is 13.1 Å². The number of carbonyl (C=O) groups excluding carboxylic acids is 1. The van der Waals surface area contributed by atoms with Crippen LogP contribution in [-0.4, -0.2) is 43.8 Å². The van der Waals surface area contributed by atoms with Crippen LogP contribution in [0.25, 0.3) is 10.9 Å². The Morgan fingerprint density at radius 3 is 2.93 bits per heavy atom. The number of aryl methyl sites for hydroxylation is 1. The van der Waals surface area contributed by atoms with Gasteiger partial charge in [-0.25, -0.2) is 5.43 Å². The normalized spacial score (nSPS) is 19.6. The molecular formula is C20H26N6O. The van der Waals surface area contributed by atoms with Crippen LogP contribution in [-0.2, 0) is 24.9 Å². The van der Waals surface area contributed by atoms with E-state index < -0.39 is 0 Å². The number of carbonyl (C=O) groups is 1. The standard InChI is InChI=1S/C20H26N6O/c1-3-25(13-15-11-21-24(2)12-15)20(27)18-10-17(22-23-18)14-26-9-8-16-6-4-5-7-19(16)26/h4-9,11-12,17-18,22-23H,3,10,13-14H2,1-2H3. The van der Waals surface area contributed by atoms with Crippen molar-refractivity contribution in [2.45, 2.75) is 38.5 Å². The predicted octanol–water partition coefficient (Wildman–Crippen LogP) is 1.66. The van der Waals surface area contributed by atoms with Crippen LogP contribution in [0.2, 0.25) is 0 Å². The van der Waals surface area contributed by atoms with E-state index in [4.69, 9.17) is 0 Å². The monoisotopic (exact) mass is 366 g/mol. The summed E-state index contributed by atoms with van der Waals surface area (Å²) in [5, 5.41) is 5.43. The first-order chi connectivity index (χ1) is 13.1. The molecule has 1 aromatic carbocycles. The maximum absolute atomic E-state index is 12.9. The smallest absolute Gasteiger partial charge is 0.241 e. The molecule has 1 aliphatic heterocycles. The molecule has 3 heterocycles. The summed E-state index contributed by atoms with van der Waals surface area (Å²) in [6.07, 6.45) is 6.66. The van der Waals surface area contributed by atoms with Gasteiger partial charge in [0.25, 0.3) is 0 Å². The van der Waals surface area contributed by atoms with Gasteiger partial charge in [-0.15, -0.1) is 0 Å². The summed E-state index contributed by atoms with van der Waals surface area (Å²) in [6.45, 7) is 4.12. The number of fused-ring (bicyclic) bond motifs is 1. The van der Waals surface area contributed by atoms with Gasteiger partial charge >= 0.3 is 0 Å². The Labute approximate surface area is 158 Å². The molecule has 27 heavy (non-hydrogen) atoms. The van der Waals surface area contributed by atoms with Gasteiger partial charge in [0.15, 0.2) is 0 Å². The molecule has 0 aliphatic carbocycles. The van der Waals surface area contributed by atoms with Crippen molar-refractivity contribution in [3.63, 3.8) is 0 Å². The SMILES string of the molecule is CCN(Cc1cnn(C)c1)C(=O)C1CC(Cn2ccc3ccccc32)NN1. The highest BCUT2D eigenvalue weighted by molar-refractivity contribution is 5.82. The number of hydrazine groups is 1. The number of hydrogen-bond donors (Lipinski definition) is 2. The number of nitrogens with zero attached hydrogens (tertiary/aromatic N) is 4. The van der Waals surface area contributed by atoms with Crippen molar-refractivity contribution in [2.24, 2.45) is 7.05 Å². The molecule has 1 fully saturated rings. The molecule has 0 radical (unpaired) electrons. The summed E-state index contributed by atoms with van der Waals surface area (Å²) in [5.74, 6) is 0.133. The molecule has 7 heteroatoms. The summed E-state index contributed by atoms with van der Waals surface area (Å²) < 4.78 is 4.01. The minimum atomic E-state index is -0.201. The first kappa shape index (κ1) is 17.8. The number of hydrogen-bond acceptors (Lipinski definition) is 4. The van der Waals surface area contributed by atoms with Crippen molar-refractivity contribution >= 4 is 16.8 Å². The first-order valence-electron chi connectivity index (χ1n) is 9.45. The fourth-order valence-electron chi connectivity index (χ4n) is 3.78. The highest BCUT2D eigenvalue weighted by Gasteiger charge is 2.32. The van der Waals surface area contributed by atoms with Crippen LogP contribution in [0.1, 0.15) is 18.9 Å². The largest absolute Gasteiger partial charge is 0.346 e. The number of benzene rings is 1. The van der Waals surface area contributed by atoms with Crippen molar-refractivity contribution in [1.82, 2.24) is 30.1 Å². The van der Waals surface area contributed by atoms with Crippen LogP contribution in [0.3, 0.4) is 0 Å². The Morgan fingerprint density at radius 2 is 2.15 bits per heavy atom. The first-order valence-corrected chi connectivity index (χ1v) is 9.45. The van der Waals surface area contributed by atoms with Crippen molar-refractivity contribution in [3.05, 3.63) is 54.5 Å². The molecule has 142 valence electrons. The van der Waals surface area contributed by atoms with E-state index in [0.717, 1.165) is 18.5 Å². The summed E-state index contributed by atoms with van der Waals surface area (Å²) in [6, 6.07) is 10.5. The van der Waals surface area contributed by atoms with E-state index in [1.54, 1.807) is 4.68 Å². The average Bonchev–Trinajstić information content (AvgIpc) is 3.40. The molecule has 1 amide bonds. The van der Waals surface area contributed by atoms with Crippen LogP contribution >= 0.6 is 0 Å². The quantitative estimate of drug-likeness (QED) is 0.696.